The molecule has 0 saturated carbocycles. The fraction of sp³-hybridized carbons (Fsp3) is 0.205. The molecule has 1 atom stereocenters. The molecule has 0 unspecified atom stereocenters. The van der Waals surface area contributed by atoms with Crippen molar-refractivity contribution < 1.29 is 28.2 Å². The van der Waals surface area contributed by atoms with E-state index >= 15 is 8.78 Å². The number of aryl methyl sites for hydroxylation is 1. The summed E-state index contributed by atoms with van der Waals surface area (Å²) in [7, 11) is 1.51. The van der Waals surface area contributed by atoms with Crippen LogP contribution in [0.15, 0.2) is 106 Å². The molecule has 0 spiro atoms. The van der Waals surface area contributed by atoms with E-state index in [1.54, 1.807) is 24.5 Å². The fourth-order valence-corrected chi connectivity index (χ4v) is 6.91. The van der Waals surface area contributed by atoms with E-state index < -0.39 is 46.4 Å². The standard InChI is InChI=1S/C39H33F2N7O6S/c1-47-34-21-42-13-10-28(34)37(50)48(39(47)53)26-6-2-22(3-7-26)16-33(38(51)52)45-36(49)29-17-31(41)32(18-30(29)40)46-55-27-8-4-23(5-9-27)25-19-43-35(44-20-25)24-11-14-54-15-12-24/h2-10,13,17-21,24,33,46H,11-12,14-16H2,1H3,(H,45,49)(H,51,52)/t33-/m0/s1. The lowest BCUT2D eigenvalue weighted by Crippen LogP contribution is -2.42. The minimum Gasteiger partial charge on any atom is -0.480 e. The Kier molecular flexibility index (Phi) is 10.8. The molecular weight excluding hydrogens is 733 g/mol. The van der Waals surface area contributed by atoms with Crippen LogP contribution in [0.4, 0.5) is 14.5 Å². The predicted molar refractivity (Wildman–Crippen MR) is 201 cm³/mol. The number of aromatic nitrogens is 5. The number of anilines is 1. The van der Waals surface area contributed by atoms with Crippen molar-refractivity contribution in [1.82, 2.24) is 29.4 Å². The molecule has 13 nitrogen and oxygen atoms in total. The van der Waals surface area contributed by atoms with Crippen molar-refractivity contribution in [1.29, 1.82) is 0 Å². The summed E-state index contributed by atoms with van der Waals surface area (Å²) >= 11 is 1.04. The first-order valence-corrected chi connectivity index (χ1v) is 18.0. The van der Waals surface area contributed by atoms with Gasteiger partial charge in [0, 0.05) is 67.7 Å². The van der Waals surface area contributed by atoms with E-state index in [0.717, 1.165) is 52.4 Å². The van der Waals surface area contributed by atoms with Crippen molar-refractivity contribution in [2.75, 3.05) is 17.9 Å². The van der Waals surface area contributed by atoms with Gasteiger partial charge in [-0.05, 0) is 72.3 Å². The maximum Gasteiger partial charge on any atom is 0.335 e. The van der Waals surface area contributed by atoms with Gasteiger partial charge in [-0.2, -0.15) is 0 Å². The summed E-state index contributed by atoms with van der Waals surface area (Å²) < 4.78 is 40.7. The Morgan fingerprint density at radius 2 is 1.65 bits per heavy atom. The monoisotopic (exact) mass is 765 g/mol. The molecule has 3 N–H and O–H groups in total. The fourth-order valence-electron chi connectivity index (χ4n) is 6.26. The minimum atomic E-state index is -1.52. The molecule has 3 aromatic carbocycles. The first-order chi connectivity index (χ1) is 26.6. The van der Waals surface area contributed by atoms with Gasteiger partial charge in [0.05, 0.1) is 34.0 Å². The van der Waals surface area contributed by atoms with Crippen LogP contribution in [-0.4, -0.2) is 60.3 Å². The molecule has 1 aliphatic heterocycles. The maximum absolute atomic E-state index is 15.2. The van der Waals surface area contributed by atoms with Crippen LogP contribution in [-0.2, 0) is 23.0 Å². The number of carboxylic acids is 1. The predicted octanol–water partition coefficient (Wildman–Crippen LogP) is 5.26. The van der Waals surface area contributed by atoms with Gasteiger partial charge < -0.3 is 19.9 Å². The second kappa shape index (κ2) is 16.0. The Morgan fingerprint density at radius 3 is 2.35 bits per heavy atom. The molecule has 1 aliphatic rings. The van der Waals surface area contributed by atoms with Crippen LogP contribution >= 0.6 is 11.9 Å². The number of carbonyl (C=O) groups is 2. The van der Waals surface area contributed by atoms with E-state index in [4.69, 9.17) is 4.74 Å². The quantitative estimate of drug-likeness (QED) is 0.147. The van der Waals surface area contributed by atoms with Gasteiger partial charge in [-0.1, -0.05) is 24.3 Å². The average Bonchev–Trinajstić information content (AvgIpc) is 3.21. The normalized spacial score (nSPS) is 13.7. The first-order valence-electron chi connectivity index (χ1n) is 17.2. The highest BCUT2D eigenvalue weighted by molar-refractivity contribution is 8.00. The number of pyridine rings is 1. The van der Waals surface area contributed by atoms with E-state index in [2.05, 4.69) is 25.0 Å². The Bertz CT molecular complexity index is 2510. The SMILES string of the molecule is Cn1c(=O)n(-c2ccc(C[C@H](NC(=O)c3cc(F)c(NSc4ccc(-c5cnc(C6CCOCC6)nc5)cc4)cc3F)C(=O)O)cc2)c(=O)c2ccncc21. The van der Waals surface area contributed by atoms with Gasteiger partial charge in [-0.15, -0.1) is 0 Å². The number of halogens is 2. The van der Waals surface area contributed by atoms with Gasteiger partial charge in [0.1, 0.15) is 23.5 Å². The third-order valence-corrected chi connectivity index (χ3v) is 10.2. The highest BCUT2D eigenvalue weighted by Gasteiger charge is 2.25. The molecule has 0 radical (unpaired) electrons. The smallest absolute Gasteiger partial charge is 0.335 e. The van der Waals surface area contributed by atoms with E-state index in [1.807, 2.05) is 12.1 Å². The van der Waals surface area contributed by atoms with Gasteiger partial charge in [-0.3, -0.25) is 19.1 Å². The van der Waals surface area contributed by atoms with Crippen molar-refractivity contribution in [2.24, 2.45) is 7.05 Å². The summed E-state index contributed by atoms with van der Waals surface area (Å²) in [6.45, 7) is 1.41. The van der Waals surface area contributed by atoms with Crippen LogP contribution in [0.3, 0.4) is 0 Å². The van der Waals surface area contributed by atoms with Crippen molar-refractivity contribution in [3.05, 3.63) is 141 Å². The van der Waals surface area contributed by atoms with Crippen LogP contribution in [0.1, 0.15) is 40.5 Å². The van der Waals surface area contributed by atoms with Gasteiger partial charge in [0.15, 0.2) is 0 Å². The Balaban J connectivity index is 0.979. The lowest BCUT2D eigenvalue weighted by Gasteiger charge is -2.20. The van der Waals surface area contributed by atoms with Crippen molar-refractivity contribution in [3.8, 4) is 16.8 Å². The Hall–Kier alpha value is -6.26. The van der Waals surface area contributed by atoms with Gasteiger partial charge >= 0.3 is 11.7 Å². The number of amides is 1. The summed E-state index contributed by atoms with van der Waals surface area (Å²) in [6, 6.07) is 14.8. The van der Waals surface area contributed by atoms with Crippen LogP contribution in [0.25, 0.3) is 27.7 Å². The number of hydrogen-bond acceptors (Lipinski definition) is 10. The van der Waals surface area contributed by atoms with Crippen LogP contribution in [0.5, 0.6) is 0 Å². The third-order valence-electron chi connectivity index (χ3n) is 9.34. The van der Waals surface area contributed by atoms with Crippen molar-refractivity contribution in [3.63, 3.8) is 0 Å². The molecule has 1 saturated heterocycles. The van der Waals surface area contributed by atoms with Gasteiger partial charge in [0.25, 0.3) is 11.5 Å². The van der Waals surface area contributed by atoms with E-state index in [0.29, 0.717) is 35.3 Å². The lowest BCUT2D eigenvalue weighted by atomic mass is 9.99. The molecular formula is C39H33F2N7O6S. The number of carbonyl (C=O) groups excluding carboxylic acids is 1. The third kappa shape index (κ3) is 8.00. The molecule has 1 fully saturated rings. The average molecular weight is 766 g/mol. The van der Waals surface area contributed by atoms with Crippen LogP contribution in [0.2, 0.25) is 0 Å². The number of nitrogens with one attached hydrogen (secondary N) is 2. The summed E-state index contributed by atoms with van der Waals surface area (Å²) in [4.78, 5) is 65.0. The van der Waals surface area contributed by atoms with E-state index in [1.165, 1.54) is 54.3 Å². The van der Waals surface area contributed by atoms with Crippen LogP contribution in [0, 0.1) is 11.6 Å². The number of carboxylic acid groups (broad SMARTS) is 1. The summed E-state index contributed by atoms with van der Waals surface area (Å²) in [5.41, 5.74) is 0.724. The summed E-state index contributed by atoms with van der Waals surface area (Å²) in [5.74, 6) is -3.43. The van der Waals surface area contributed by atoms with E-state index in [-0.39, 0.29) is 29.1 Å². The molecule has 1 amide bonds. The number of nitrogens with zero attached hydrogens (tertiary/aromatic N) is 5. The maximum atomic E-state index is 15.2. The zero-order valence-electron chi connectivity index (χ0n) is 29.2. The zero-order valence-corrected chi connectivity index (χ0v) is 30.1. The molecule has 0 bridgehead atoms. The molecule has 7 rings (SSSR count). The number of hydrogen-bond donors (Lipinski definition) is 3. The largest absolute Gasteiger partial charge is 0.480 e. The first kappa shape index (κ1) is 37.1. The number of aliphatic carboxylic acids is 1. The molecule has 0 aliphatic carbocycles. The Labute approximate surface area is 316 Å². The van der Waals surface area contributed by atoms with Crippen molar-refractivity contribution >= 4 is 40.4 Å². The second-order valence-electron chi connectivity index (χ2n) is 12.9. The minimum absolute atomic E-state index is 0.216. The number of benzene rings is 3. The van der Waals surface area contributed by atoms with Gasteiger partial charge in [-0.25, -0.2) is 32.9 Å². The molecule has 3 aromatic heterocycles. The number of fused-ring (bicyclic) bond motifs is 1. The summed E-state index contributed by atoms with van der Waals surface area (Å²) in [5, 5.41) is 12.4. The Morgan fingerprint density at radius 1 is 0.945 bits per heavy atom. The summed E-state index contributed by atoms with van der Waals surface area (Å²) in [6.07, 6.45) is 7.99. The zero-order chi connectivity index (χ0) is 38.6. The molecule has 55 heavy (non-hydrogen) atoms. The molecule has 6 aromatic rings. The van der Waals surface area contributed by atoms with Crippen molar-refractivity contribution in [2.45, 2.75) is 36.1 Å². The highest BCUT2D eigenvalue weighted by Crippen LogP contribution is 2.29. The highest BCUT2D eigenvalue weighted by atomic mass is 32.2. The molecule has 280 valence electrons. The second-order valence-corrected chi connectivity index (χ2v) is 13.7. The van der Waals surface area contributed by atoms with Gasteiger partial charge in [0.2, 0.25) is 0 Å². The van der Waals surface area contributed by atoms with E-state index in [9.17, 15) is 24.3 Å². The molecule has 16 heteroatoms. The van der Waals surface area contributed by atoms with Crippen LogP contribution < -0.4 is 21.3 Å². The lowest BCUT2D eigenvalue weighted by molar-refractivity contribution is -0.139. The number of rotatable bonds is 11. The number of ether oxygens (including phenoxy) is 1. The topological polar surface area (TPSA) is 170 Å². The molecule has 4 heterocycles.